The highest BCUT2D eigenvalue weighted by atomic mass is 16.5. The summed E-state index contributed by atoms with van der Waals surface area (Å²) in [6.45, 7) is 3.07. The van der Waals surface area contributed by atoms with Crippen LogP contribution in [-0.4, -0.2) is 52.9 Å². The molecule has 0 radical (unpaired) electrons. The van der Waals surface area contributed by atoms with Crippen LogP contribution in [0.5, 0.6) is 0 Å². The van der Waals surface area contributed by atoms with Crippen LogP contribution in [-0.2, 0) is 9.53 Å². The SMILES string of the molecule is COCCNC(=O)CN1C(c2ccccc2)=C[C@H](c2ccc(C)cc2)n2nnnc21. The number of carbonyl (C=O) groups excluding carboxylic acids is 1. The van der Waals surface area contributed by atoms with Gasteiger partial charge in [0.25, 0.3) is 5.95 Å². The molecular formula is C22H24N6O2. The van der Waals surface area contributed by atoms with Crippen molar-refractivity contribution in [3.05, 3.63) is 77.4 Å². The lowest BCUT2D eigenvalue weighted by atomic mass is 10.00. The molecule has 2 aromatic carbocycles. The van der Waals surface area contributed by atoms with Gasteiger partial charge in [-0.15, -0.1) is 0 Å². The van der Waals surface area contributed by atoms with Crippen molar-refractivity contribution in [3.8, 4) is 0 Å². The molecule has 8 nitrogen and oxygen atoms in total. The van der Waals surface area contributed by atoms with Gasteiger partial charge in [-0.1, -0.05) is 65.3 Å². The number of allylic oxidation sites excluding steroid dienone is 1. The van der Waals surface area contributed by atoms with Gasteiger partial charge in [0.05, 0.1) is 12.3 Å². The second-order valence-electron chi connectivity index (χ2n) is 7.13. The molecule has 0 saturated heterocycles. The number of ether oxygens (including phenoxy) is 1. The van der Waals surface area contributed by atoms with Crippen LogP contribution in [0.4, 0.5) is 5.95 Å². The van der Waals surface area contributed by atoms with E-state index in [4.69, 9.17) is 4.74 Å². The molecule has 1 amide bonds. The molecule has 154 valence electrons. The topological polar surface area (TPSA) is 85.2 Å². The summed E-state index contributed by atoms with van der Waals surface area (Å²) in [5.74, 6) is 0.404. The molecule has 3 aromatic rings. The van der Waals surface area contributed by atoms with E-state index in [1.54, 1.807) is 11.8 Å². The number of methoxy groups -OCH3 is 1. The zero-order valence-electron chi connectivity index (χ0n) is 17.0. The molecule has 0 fully saturated rings. The van der Waals surface area contributed by atoms with Crippen molar-refractivity contribution in [2.45, 2.75) is 13.0 Å². The van der Waals surface area contributed by atoms with Gasteiger partial charge in [0.2, 0.25) is 5.91 Å². The fourth-order valence-electron chi connectivity index (χ4n) is 3.47. The first kappa shape index (κ1) is 19.8. The smallest absolute Gasteiger partial charge is 0.251 e. The van der Waals surface area contributed by atoms with Crippen molar-refractivity contribution < 1.29 is 9.53 Å². The van der Waals surface area contributed by atoms with E-state index in [0.717, 1.165) is 16.8 Å². The summed E-state index contributed by atoms with van der Waals surface area (Å²) >= 11 is 0. The molecule has 0 saturated carbocycles. The normalized spacial score (nSPS) is 15.5. The van der Waals surface area contributed by atoms with E-state index >= 15 is 0 Å². The third-order valence-electron chi connectivity index (χ3n) is 5.01. The van der Waals surface area contributed by atoms with Gasteiger partial charge in [-0.25, -0.2) is 0 Å². The van der Waals surface area contributed by atoms with E-state index in [9.17, 15) is 4.79 Å². The second kappa shape index (κ2) is 8.87. The standard InChI is InChI=1S/C22H24N6O2/c1-16-8-10-18(11-9-16)20-14-19(17-6-4-3-5-7-17)27(22-24-25-26-28(20)22)15-21(29)23-12-13-30-2/h3-11,14,20H,12-13,15H2,1-2H3,(H,23,29)/t20-/m1/s1. The number of aromatic nitrogens is 4. The lowest BCUT2D eigenvalue weighted by Gasteiger charge is -2.32. The molecule has 1 atom stereocenters. The van der Waals surface area contributed by atoms with Crippen LogP contribution in [0.2, 0.25) is 0 Å². The fourth-order valence-corrected chi connectivity index (χ4v) is 3.47. The first-order valence-electron chi connectivity index (χ1n) is 9.82. The quantitative estimate of drug-likeness (QED) is 0.608. The molecule has 1 aliphatic heterocycles. The van der Waals surface area contributed by atoms with Crippen LogP contribution < -0.4 is 10.2 Å². The number of nitrogens with one attached hydrogen (secondary N) is 1. The number of carbonyl (C=O) groups is 1. The van der Waals surface area contributed by atoms with Crippen LogP contribution in [0.1, 0.15) is 22.7 Å². The maximum Gasteiger partial charge on any atom is 0.251 e. The molecule has 1 N–H and O–H groups in total. The van der Waals surface area contributed by atoms with E-state index < -0.39 is 0 Å². The molecule has 1 aromatic heterocycles. The third kappa shape index (κ3) is 4.08. The van der Waals surface area contributed by atoms with Crippen molar-refractivity contribution in [3.63, 3.8) is 0 Å². The van der Waals surface area contributed by atoms with Crippen molar-refractivity contribution in [1.29, 1.82) is 0 Å². The van der Waals surface area contributed by atoms with Crippen molar-refractivity contribution in [1.82, 2.24) is 25.5 Å². The van der Waals surface area contributed by atoms with Crippen molar-refractivity contribution >= 4 is 17.6 Å². The highest BCUT2D eigenvalue weighted by Gasteiger charge is 2.31. The minimum atomic E-state index is -0.168. The highest BCUT2D eigenvalue weighted by molar-refractivity contribution is 5.89. The minimum absolute atomic E-state index is 0.103. The second-order valence-corrected chi connectivity index (χ2v) is 7.13. The van der Waals surface area contributed by atoms with Crippen LogP contribution in [0.15, 0.2) is 60.7 Å². The maximum atomic E-state index is 12.6. The van der Waals surface area contributed by atoms with Gasteiger partial charge in [0.15, 0.2) is 0 Å². The number of nitrogens with zero attached hydrogens (tertiary/aromatic N) is 5. The molecule has 30 heavy (non-hydrogen) atoms. The fraction of sp³-hybridized carbons (Fsp3) is 0.273. The van der Waals surface area contributed by atoms with Gasteiger partial charge in [-0.05, 0) is 34.6 Å². The Balaban J connectivity index is 1.73. The Bertz CT molecular complexity index is 1030. The zero-order chi connectivity index (χ0) is 20.9. The number of anilines is 1. The number of rotatable bonds is 7. The summed E-state index contributed by atoms with van der Waals surface area (Å²) in [4.78, 5) is 14.4. The Morgan fingerprint density at radius 1 is 1.13 bits per heavy atom. The summed E-state index contributed by atoms with van der Waals surface area (Å²) in [7, 11) is 1.60. The first-order valence-corrected chi connectivity index (χ1v) is 9.82. The molecule has 0 aliphatic carbocycles. The number of benzene rings is 2. The monoisotopic (exact) mass is 404 g/mol. The third-order valence-corrected chi connectivity index (χ3v) is 5.01. The predicted octanol–water partition coefficient (Wildman–Crippen LogP) is 2.19. The van der Waals surface area contributed by atoms with E-state index in [0.29, 0.717) is 19.1 Å². The van der Waals surface area contributed by atoms with Crippen LogP contribution in [0.3, 0.4) is 0 Å². The van der Waals surface area contributed by atoms with Gasteiger partial charge in [-0.2, -0.15) is 4.68 Å². The van der Waals surface area contributed by atoms with E-state index in [1.807, 2.05) is 35.2 Å². The molecule has 4 rings (SSSR count). The Morgan fingerprint density at radius 3 is 2.63 bits per heavy atom. The Morgan fingerprint density at radius 2 is 1.90 bits per heavy atom. The Kier molecular flexibility index (Phi) is 5.85. The molecule has 1 aliphatic rings. The molecule has 2 heterocycles. The number of amides is 1. The van der Waals surface area contributed by atoms with E-state index in [2.05, 4.69) is 58.1 Å². The van der Waals surface area contributed by atoms with Gasteiger partial charge < -0.3 is 10.1 Å². The van der Waals surface area contributed by atoms with Crippen LogP contribution in [0, 0.1) is 6.92 Å². The molecule has 0 bridgehead atoms. The minimum Gasteiger partial charge on any atom is -0.383 e. The summed E-state index contributed by atoms with van der Waals surface area (Å²) in [5.41, 5.74) is 4.15. The van der Waals surface area contributed by atoms with Gasteiger partial charge >= 0.3 is 0 Å². The van der Waals surface area contributed by atoms with Gasteiger partial charge in [0, 0.05) is 13.7 Å². The van der Waals surface area contributed by atoms with Gasteiger partial charge in [-0.3, -0.25) is 9.69 Å². The molecular weight excluding hydrogens is 380 g/mol. The van der Waals surface area contributed by atoms with Gasteiger partial charge in [0.1, 0.15) is 12.6 Å². The maximum absolute atomic E-state index is 12.6. The molecule has 0 spiro atoms. The molecule has 0 unspecified atom stereocenters. The average molecular weight is 404 g/mol. The highest BCUT2D eigenvalue weighted by Crippen LogP contribution is 2.35. The number of fused-ring (bicyclic) bond motifs is 1. The first-order chi connectivity index (χ1) is 14.7. The Hall–Kier alpha value is -3.52. The number of tetrazole rings is 1. The zero-order valence-corrected chi connectivity index (χ0v) is 17.0. The summed E-state index contributed by atoms with van der Waals surface area (Å²) < 4.78 is 6.76. The summed E-state index contributed by atoms with van der Waals surface area (Å²) in [5, 5.41) is 15.2. The largest absolute Gasteiger partial charge is 0.383 e. The Labute approximate surface area is 175 Å². The van der Waals surface area contributed by atoms with Crippen LogP contribution in [0.25, 0.3) is 5.70 Å². The molecule has 8 heteroatoms. The van der Waals surface area contributed by atoms with E-state index in [1.165, 1.54) is 5.56 Å². The van der Waals surface area contributed by atoms with Crippen molar-refractivity contribution in [2.75, 3.05) is 31.7 Å². The number of hydrogen-bond acceptors (Lipinski definition) is 6. The lowest BCUT2D eigenvalue weighted by Crippen LogP contribution is -2.40. The summed E-state index contributed by atoms with van der Waals surface area (Å²) in [6.07, 6.45) is 2.10. The average Bonchev–Trinajstić information content (AvgIpc) is 3.26. The number of hydrogen-bond donors (Lipinski definition) is 1. The lowest BCUT2D eigenvalue weighted by molar-refractivity contribution is -0.119. The van der Waals surface area contributed by atoms with Crippen molar-refractivity contribution in [2.24, 2.45) is 0 Å². The number of aryl methyl sites for hydroxylation is 1. The summed E-state index contributed by atoms with van der Waals surface area (Å²) in [6, 6.07) is 18.1. The van der Waals surface area contributed by atoms with Crippen LogP contribution >= 0.6 is 0 Å². The van der Waals surface area contributed by atoms with E-state index in [-0.39, 0.29) is 18.5 Å². The predicted molar refractivity (Wildman–Crippen MR) is 114 cm³/mol.